The summed E-state index contributed by atoms with van der Waals surface area (Å²) in [4.78, 5) is 13.7. The first-order chi connectivity index (χ1) is 7.74. The number of nitrogens with one attached hydrogen (secondary N) is 1. The molecule has 0 bridgehead atoms. The van der Waals surface area contributed by atoms with Crippen LogP contribution in [0.4, 0.5) is 0 Å². The molecule has 3 nitrogen and oxygen atoms in total. The summed E-state index contributed by atoms with van der Waals surface area (Å²) in [7, 11) is 0. The van der Waals surface area contributed by atoms with Crippen LogP contribution in [0.3, 0.4) is 0 Å². The number of carbonyl (C=O) groups excluding carboxylic acids is 1. The lowest BCUT2D eigenvalue weighted by Crippen LogP contribution is -2.35. The van der Waals surface area contributed by atoms with Gasteiger partial charge in [0.15, 0.2) is 0 Å². The Bertz CT molecular complexity index is 170. The number of halogens is 1. The van der Waals surface area contributed by atoms with Crippen molar-refractivity contribution in [1.29, 1.82) is 0 Å². The second-order valence-electron chi connectivity index (χ2n) is 3.98. The predicted molar refractivity (Wildman–Crippen MR) is 70.0 cm³/mol. The molecule has 0 aromatic heterocycles. The number of alkyl halides is 1. The first-order valence-electron chi connectivity index (χ1n) is 6.29. The number of rotatable bonds is 10. The highest BCUT2D eigenvalue weighted by Crippen LogP contribution is 1.94. The molecule has 1 amide bonds. The van der Waals surface area contributed by atoms with Gasteiger partial charge in [0.1, 0.15) is 0 Å². The van der Waals surface area contributed by atoms with E-state index in [1.807, 2.05) is 0 Å². The molecule has 0 unspecified atom stereocenters. The molecule has 0 radical (unpaired) electrons. The molecule has 0 aromatic rings. The maximum Gasteiger partial charge on any atom is 0.220 e. The average Bonchev–Trinajstić information content (AvgIpc) is 2.27. The molecule has 1 N–H and O–H groups in total. The standard InChI is InChI=1S/C12H25ClN2O/c1-3-9-15(10-4-2)11-8-14-12(16)6-5-7-13/h3-11H2,1-2H3,(H,14,16). The second-order valence-corrected chi connectivity index (χ2v) is 4.36. The number of hydrogen-bond acceptors (Lipinski definition) is 2. The van der Waals surface area contributed by atoms with Crippen molar-refractivity contribution in [2.24, 2.45) is 0 Å². The highest BCUT2D eigenvalue weighted by atomic mass is 35.5. The Morgan fingerprint density at radius 1 is 1.19 bits per heavy atom. The SMILES string of the molecule is CCCN(CCC)CCNC(=O)CCCCl. The fraction of sp³-hybridized carbons (Fsp3) is 0.917. The first-order valence-corrected chi connectivity index (χ1v) is 6.83. The van der Waals surface area contributed by atoms with Crippen LogP contribution in [0, 0.1) is 0 Å². The van der Waals surface area contributed by atoms with E-state index < -0.39 is 0 Å². The fourth-order valence-corrected chi connectivity index (χ4v) is 1.77. The van der Waals surface area contributed by atoms with Gasteiger partial charge in [-0.25, -0.2) is 0 Å². The van der Waals surface area contributed by atoms with Gasteiger partial charge < -0.3 is 10.2 Å². The summed E-state index contributed by atoms with van der Waals surface area (Å²) in [6.07, 6.45) is 3.65. The van der Waals surface area contributed by atoms with Gasteiger partial charge in [0, 0.05) is 25.4 Å². The summed E-state index contributed by atoms with van der Waals surface area (Å²) in [5, 5.41) is 2.93. The topological polar surface area (TPSA) is 32.3 Å². The van der Waals surface area contributed by atoms with Gasteiger partial charge in [-0.1, -0.05) is 13.8 Å². The van der Waals surface area contributed by atoms with Crippen molar-refractivity contribution in [2.75, 3.05) is 32.1 Å². The molecule has 0 fully saturated rings. The van der Waals surface area contributed by atoms with Gasteiger partial charge in [-0.05, 0) is 32.4 Å². The van der Waals surface area contributed by atoms with E-state index in [1.54, 1.807) is 0 Å². The molecular formula is C12H25ClN2O. The van der Waals surface area contributed by atoms with E-state index in [0.717, 1.165) is 32.6 Å². The lowest BCUT2D eigenvalue weighted by atomic mass is 10.3. The van der Waals surface area contributed by atoms with E-state index >= 15 is 0 Å². The van der Waals surface area contributed by atoms with Crippen molar-refractivity contribution in [3.05, 3.63) is 0 Å². The summed E-state index contributed by atoms with van der Waals surface area (Å²) in [5.74, 6) is 0.680. The molecule has 0 aliphatic carbocycles. The van der Waals surface area contributed by atoms with Crippen LogP contribution < -0.4 is 5.32 Å². The van der Waals surface area contributed by atoms with E-state index in [9.17, 15) is 4.79 Å². The Morgan fingerprint density at radius 3 is 2.31 bits per heavy atom. The van der Waals surface area contributed by atoms with Crippen molar-refractivity contribution in [3.8, 4) is 0 Å². The third-order valence-electron chi connectivity index (χ3n) is 2.37. The number of nitrogens with zero attached hydrogens (tertiary/aromatic N) is 1. The van der Waals surface area contributed by atoms with E-state index in [0.29, 0.717) is 12.3 Å². The Hall–Kier alpha value is -0.280. The van der Waals surface area contributed by atoms with Crippen LogP contribution >= 0.6 is 11.6 Å². The molecule has 0 spiro atoms. The molecule has 0 atom stereocenters. The first kappa shape index (κ1) is 15.7. The Labute approximate surface area is 105 Å². The Balaban J connectivity index is 3.55. The van der Waals surface area contributed by atoms with Gasteiger partial charge in [0.25, 0.3) is 0 Å². The third kappa shape index (κ3) is 8.98. The third-order valence-corrected chi connectivity index (χ3v) is 2.63. The molecule has 0 aliphatic heterocycles. The monoisotopic (exact) mass is 248 g/mol. The zero-order valence-corrected chi connectivity index (χ0v) is 11.4. The van der Waals surface area contributed by atoms with Crippen molar-refractivity contribution >= 4 is 17.5 Å². The molecule has 0 saturated carbocycles. The lowest BCUT2D eigenvalue weighted by molar-refractivity contribution is -0.121. The summed E-state index contributed by atoms with van der Waals surface area (Å²) in [6, 6.07) is 0. The van der Waals surface area contributed by atoms with Gasteiger partial charge in [0.05, 0.1) is 0 Å². The van der Waals surface area contributed by atoms with Crippen LogP contribution in [0.1, 0.15) is 39.5 Å². The van der Waals surface area contributed by atoms with Crippen LogP contribution in [-0.4, -0.2) is 42.9 Å². The van der Waals surface area contributed by atoms with Crippen molar-refractivity contribution in [3.63, 3.8) is 0 Å². The number of amides is 1. The molecule has 0 aliphatic rings. The van der Waals surface area contributed by atoms with Crippen LogP contribution in [0.5, 0.6) is 0 Å². The minimum Gasteiger partial charge on any atom is -0.355 e. The van der Waals surface area contributed by atoms with Crippen molar-refractivity contribution in [2.45, 2.75) is 39.5 Å². The van der Waals surface area contributed by atoms with Gasteiger partial charge >= 0.3 is 0 Å². The normalized spacial score (nSPS) is 10.8. The molecule has 4 heteroatoms. The highest BCUT2D eigenvalue weighted by molar-refractivity contribution is 6.17. The average molecular weight is 249 g/mol. The summed E-state index contributed by atoms with van der Waals surface area (Å²) >= 11 is 5.52. The van der Waals surface area contributed by atoms with Crippen LogP contribution in [0.2, 0.25) is 0 Å². The van der Waals surface area contributed by atoms with Gasteiger partial charge in [0.2, 0.25) is 5.91 Å². The predicted octanol–water partition coefficient (Wildman–Crippen LogP) is 2.24. The smallest absolute Gasteiger partial charge is 0.220 e. The zero-order chi connectivity index (χ0) is 12.2. The van der Waals surface area contributed by atoms with Crippen molar-refractivity contribution in [1.82, 2.24) is 10.2 Å². The minimum atomic E-state index is 0.119. The van der Waals surface area contributed by atoms with Gasteiger partial charge in [-0.3, -0.25) is 4.79 Å². The van der Waals surface area contributed by atoms with E-state index in [1.165, 1.54) is 12.8 Å². The summed E-state index contributed by atoms with van der Waals surface area (Å²) in [6.45, 7) is 8.30. The van der Waals surface area contributed by atoms with Gasteiger partial charge in [-0.2, -0.15) is 0 Å². The number of hydrogen-bond donors (Lipinski definition) is 1. The second kappa shape index (κ2) is 11.2. The van der Waals surface area contributed by atoms with Crippen LogP contribution in [0.15, 0.2) is 0 Å². The number of carbonyl (C=O) groups is 1. The Morgan fingerprint density at radius 2 is 1.81 bits per heavy atom. The highest BCUT2D eigenvalue weighted by Gasteiger charge is 2.03. The van der Waals surface area contributed by atoms with Gasteiger partial charge in [-0.15, -0.1) is 11.6 Å². The quantitative estimate of drug-likeness (QED) is 0.602. The summed E-state index contributed by atoms with van der Waals surface area (Å²) < 4.78 is 0. The molecule has 0 aromatic carbocycles. The zero-order valence-electron chi connectivity index (χ0n) is 10.6. The largest absolute Gasteiger partial charge is 0.355 e. The lowest BCUT2D eigenvalue weighted by Gasteiger charge is -2.20. The van der Waals surface area contributed by atoms with Crippen molar-refractivity contribution < 1.29 is 4.79 Å². The molecule has 96 valence electrons. The van der Waals surface area contributed by atoms with E-state index in [2.05, 4.69) is 24.1 Å². The minimum absolute atomic E-state index is 0.119. The molecule has 0 heterocycles. The maximum absolute atomic E-state index is 11.3. The van der Waals surface area contributed by atoms with E-state index in [-0.39, 0.29) is 5.91 Å². The Kier molecular flexibility index (Phi) is 11.0. The van der Waals surface area contributed by atoms with Crippen LogP contribution in [-0.2, 0) is 4.79 Å². The molecule has 0 rings (SSSR count). The molecule has 16 heavy (non-hydrogen) atoms. The summed E-state index contributed by atoms with van der Waals surface area (Å²) in [5.41, 5.74) is 0. The van der Waals surface area contributed by atoms with Crippen LogP contribution in [0.25, 0.3) is 0 Å². The molecule has 0 saturated heterocycles. The fourth-order valence-electron chi connectivity index (χ4n) is 1.64. The maximum atomic E-state index is 11.3. The van der Waals surface area contributed by atoms with E-state index in [4.69, 9.17) is 11.6 Å². The molecular weight excluding hydrogens is 224 g/mol.